The Kier molecular flexibility index (Phi) is 3.64. The normalized spacial score (nSPS) is 23.2. The van der Waals surface area contributed by atoms with Crippen molar-refractivity contribution in [2.75, 3.05) is 11.5 Å². The fourth-order valence-corrected chi connectivity index (χ4v) is 3.00. The summed E-state index contributed by atoms with van der Waals surface area (Å²) in [6.45, 7) is 1.73. The van der Waals surface area contributed by atoms with Crippen LogP contribution in [0.5, 0.6) is 0 Å². The van der Waals surface area contributed by atoms with E-state index in [0.29, 0.717) is 18.2 Å². The van der Waals surface area contributed by atoms with E-state index < -0.39 is 6.10 Å². The number of hydrogen-bond donors (Lipinski definition) is 1. The van der Waals surface area contributed by atoms with E-state index in [-0.39, 0.29) is 0 Å². The van der Waals surface area contributed by atoms with Crippen molar-refractivity contribution >= 4 is 11.8 Å². The Labute approximate surface area is 93.4 Å². The fraction of sp³-hybridized carbons (Fsp3) is 0.800. The van der Waals surface area contributed by atoms with Gasteiger partial charge in [-0.15, -0.1) is 0 Å². The standard InChI is InChI=1S/C10H16N2O2S/c1-7(13)4-9-11-10(14-12-9)5-8-2-3-15-6-8/h7-8,13H,2-6H2,1H3. The van der Waals surface area contributed by atoms with Crippen molar-refractivity contribution in [2.45, 2.75) is 32.3 Å². The molecule has 2 unspecified atom stereocenters. The van der Waals surface area contributed by atoms with Gasteiger partial charge >= 0.3 is 0 Å². The number of nitrogens with zero attached hydrogens (tertiary/aromatic N) is 2. The van der Waals surface area contributed by atoms with E-state index in [9.17, 15) is 5.11 Å². The summed E-state index contributed by atoms with van der Waals surface area (Å²) in [5, 5.41) is 13.0. The Morgan fingerprint density at radius 2 is 2.53 bits per heavy atom. The summed E-state index contributed by atoms with van der Waals surface area (Å²) in [6, 6.07) is 0. The van der Waals surface area contributed by atoms with Gasteiger partial charge in [-0.25, -0.2) is 0 Å². The van der Waals surface area contributed by atoms with Crippen LogP contribution in [0, 0.1) is 5.92 Å². The Morgan fingerprint density at radius 3 is 3.20 bits per heavy atom. The zero-order valence-corrected chi connectivity index (χ0v) is 9.66. The summed E-state index contributed by atoms with van der Waals surface area (Å²) in [5.74, 6) is 4.48. The predicted molar refractivity (Wildman–Crippen MR) is 58.8 cm³/mol. The SMILES string of the molecule is CC(O)Cc1noc(CC2CCSC2)n1. The van der Waals surface area contributed by atoms with Crippen LogP contribution in [0.4, 0.5) is 0 Å². The highest BCUT2D eigenvalue weighted by Crippen LogP contribution is 2.26. The molecule has 0 bridgehead atoms. The second-order valence-corrected chi connectivity index (χ2v) is 5.24. The predicted octanol–water partition coefficient (Wildman–Crippen LogP) is 1.29. The molecule has 4 nitrogen and oxygen atoms in total. The van der Waals surface area contributed by atoms with Gasteiger partial charge in [-0.05, 0) is 30.8 Å². The van der Waals surface area contributed by atoms with Crippen LogP contribution in [0.3, 0.4) is 0 Å². The van der Waals surface area contributed by atoms with E-state index in [0.717, 1.165) is 12.3 Å². The van der Waals surface area contributed by atoms with E-state index in [1.807, 2.05) is 11.8 Å². The van der Waals surface area contributed by atoms with Crippen molar-refractivity contribution in [3.05, 3.63) is 11.7 Å². The molecule has 1 aromatic heterocycles. The highest BCUT2D eigenvalue weighted by Gasteiger charge is 2.19. The fourth-order valence-electron chi connectivity index (χ4n) is 1.71. The average molecular weight is 228 g/mol. The molecule has 0 amide bonds. The zero-order chi connectivity index (χ0) is 10.7. The van der Waals surface area contributed by atoms with Gasteiger partial charge in [0.15, 0.2) is 5.82 Å². The van der Waals surface area contributed by atoms with Crippen molar-refractivity contribution in [3.8, 4) is 0 Å². The van der Waals surface area contributed by atoms with Crippen molar-refractivity contribution in [1.29, 1.82) is 0 Å². The van der Waals surface area contributed by atoms with E-state index in [1.165, 1.54) is 17.9 Å². The van der Waals surface area contributed by atoms with Crippen LogP contribution >= 0.6 is 11.8 Å². The molecule has 2 rings (SSSR count). The molecule has 2 atom stereocenters. The molecule has 0 radical (unpaired) electrons. The molecular formula is C10H16N2O2S. The van der Waals surface area contributed by atoms with Crippen LogP contribution in [0.2, 0.25) is 0 Å². The van der Waals surface area contributed by atoms with Crippen LogP contribution < -0.4 is 0 Å². The molecule has 5 heteroatoms. The maximum Gasteiger partial charge on any atom is 0.226 e. The quantitative estimate of drug-likeness (QED) is 0.841. The Morgan fingerprint density at radius 1 is 1.67 bits per heavy atom. The number of thioether (sulfide) groups is 1. The van der Waals surface area contributed by atoms with Crippen LogP contribution in [0.15, 0.2) is 4.52 Å². The van der Waals surface area contributed by atoms with Crippen molar-refractivity contribution in [3.63, 3.8) is 0 Å². The molecule has 0 spiro atoms. The van der Waals surface area contributed by atoms with Crippen molar-refractivity contribution in [1.82, 2.24) is 10.1 Å². The first-order chi connectivity index (χ1) is 7.24. The summed E-state index contributed by atoms with van der Waals surface area (Å²) in [4.78, 5) is 4.27. The molecule has 1 aliphatic heterocycles. The molecule has 0 saturated carbocycles. The van der Waals surface area contributed by atoms with Crippen LogP contribution in [0.25, 0.3) is 0 Å². The van der Waals surface area contributed by atoms with Gasteiger partial charge < -0.3 is 9.63 Å². The lowest BCUT2D eigenvalue weighted by molar-refractivity contribution is 0.191. The maximum atomic E-state index is 9.17. The van der Waals surface area contributed by atoms with Gasteiger partial charge in [0, 0.05) is 12.8 Å². The topological polar surface area (TPSA) is 59.2 Å². The van der Waals surface area contributed by atoms with Gasteiger partial charge in [-0.3, -0.25) is 0 Å². The molecule has 1 aromatic rings. The third-order valence-electron chi connectivity index (χ3n) is 2.48. The Bertz CT molecular complexity index is 308. The minimum Gasteiger partial charge on any atom is -0.393 e. The molecule has 1 aliphatic rings. The molecule has 0 aromatic carbocycles. The van der Waals surface area contributed by atoms with Crippen molar-refractivity contribution < 1.29 is 9.63 Å². The molecule has 1 saturated heterocycles. The smallest absolute Gasteiger partial charge is 0.226 e. The van der Waals surface area contributed by atoms with Gasteiger partial charge in [0.2, 0.25) is 5.89 Å². The average Bonchev–Trinajstić information content (AvgIpc) is 2.77. The largest absolute Gasteiger partial charge is 0.393 e. The summed E-state index contributed by atoms with van der Waals surface area (Å²) >= 11 is 1.99. The molecule has 84 valence electrons. The van der Waals surface area contributed by atoms with Crippen LogP contribution in [-0.2, 0) is 12.8 Å². The molecule has 2 heterocycles. The van der Waals surface area contributed by atoms with Crippen LogP contribution in [-0.4, -0.2) is 32.9 Å². The highest BCUT2D eigenvalue weighted by molar-refractivity contribution is 7.99. The lowest BCUT2D eigenvalue weighted by Crippen LogP contribution is -2.06. The summed E-state index contributed by atoms with van der Waals surface area (Å²) in [7, 11) is 0. The third kappa shape index (κ3) is 3.21. The van der Waals surface area contributed by atoms with Crippen LogP contribution in [0.1, 0.15) is 25.1 Å². The molecular weight excluding hydrogens is 212 g/mol. The first-order valence-electron chi connectivity index (χ1n) is 5.31. The molecule has 0 aliphatic carbocycles. The lowest BCUT2D eigenvalue weighted by Gasteiger charge is -2.01. The summed E-state index contributed by atoms with van der Waals surface area (Å²) in [6.07, 6.45) is 2.21. The van der Waals surface area contributed by atoms with E-state index in [2.05, 4.69) is 10.1 Å². The first kappa shape index (κ1) is 11.0. The zero-order valence-electron chi connectivity index (χ0n) is 8.85. The number of aromatic nitrogens is 2. The molecule has 1 fully saturated rings. The van der Waals surface area contributed by atoms with E-state index in [4.69, 9.17) is 4.52 Å². The second kappa shape index (κ2) is 4.99. The first-order valence-corrected chi connectivity index (χ1v) is 6.47. The minimum atomic E-state index is -0.405. The Balaban J connectivity index is 1.88. The van der Waals surface area contributed by atoms with Gasteiger partial charge in [-0.2, -0.15) is 16.7 Å². The van der Waals surface area contributed by atoms with Gasteiger partial charge in [0.25, 0.3) is 0 Å². The highest BCUT2D eigenvalue weighted by atomic mass is 32.2. The van der Waals surface area contributed by atoms with Gasteiger partial charge in [0.05, 0.1) is 6.10 Å². The Hall–Kier alpha value is -0.550. The van der Waals surface area contributed by atoms with E-state index in [1.54, 1.807) is 6.92 Å². The van der Waals surface area contributed by atoms with E-state index >= 15 is 0 Å². The number of rotatable bonds is 4. The minimum absolute atomic E-state index is 0.405. The molecule has 1 N–H and O–H groups in total. The second-order valence-electron chi connectivity index (χ2n) is 4.09. The monoisotopic (exact) mass is 228 g/mol. The van der Waals surface area contributed by atoms with Gasteiger partial charge in [0.1, 0.15) is 0 Å². The number of hydrogen-bond acceptors (Lipinski definition) is 5. The summed E-state index contributed by atoms with van der Waals surface area (Å²) in [5.41, 5.74) is 0. The summed E-state index contributed by atoms with van der Waals surface area (Å²) < 4.78 is 5.15. The molecule has 15 heavy (non-hydrogen) atoms. The third-order valence-corrected chi connectivity index (χ3v) is 3.71. The van der Waals surface area contributed by atoms with Gasteiger partial charge in [-0.1, -0.05) is 5.16 Å². The maximum absolute atomic E-state index is 9.17. The van der Waals surface area contributed by atoms with Crippen molar-refractivity contribution in [2.24, 2.45) is 5.92 Å². The number of aliphatic hydroxyl groups excluding tert-OH is 1. The lowest BCUT2D eigenvalue weighted by atomic mass is 10.1. The number of aliphatic hydroxyl groups is 1.